The van der Waals surface area contributed by atoms with Gasteiger partial charge in [-0.3, -0.25) is 14.4 Å². The molecule has 380 valence electrons. The molecule has 0 aliphatic rings. The van der Waals surface area contributed by atoms with Crippen LogP contribution in [0.1, 0.15) is 38.9 Å². The Morgan fingerprint density at radius 2 is 1.04 bits per heavy atom. The van der Waals surface area contributed by atoms with E-state index >= 15 is 0 Å². The van der Waals surface area contributed by atoms with Crippen LogP contribution in [0.4, 0.5) is 42.9 Å². The molecule has 0 spiro atoms. The second kappa shape index (κ2) is 37.5. The number of ether oxygens (including phenoxy) is 1. The summed E-state index contributed by atoms with van der Waals surface area (Å²) in [5.74, 6) is -2.63. The Hall–Kier alpha value is -4.22. The number of nitrogens with zero attached hydrogens (tertiary/aromatic N) is 3. The monoisotopic (exact) mass is 1190 g/mol. The number of amides is 2. The molecule has 0 aromatic heterocycles. The van der Waals surface area contributed by atoms with E-state index in [9.17, 15) is 33.4 Å². The summed E-state index contributed by atoms with van der Waals surface area (Å²) in [6.07, 6.45) is 0. The van der Waals surface area contributed by atoms with Crippen molar-refractivity contribution in [1.82, 2.24) is 0 Å². The van der Waals surface area contributed by atoms with E-state index in [-0.39, 0.29) is 140 Å². The molecule has 3 atom stereocenters. The van der Waals surface area contributed by atoms with Gasteiger partial charge in [0, 0.05) is 27.7 Å². The van der Waals surface area contributed by atoms with E-state index in [0.29, 0.717) is 39.9 Å². The van der Waals surface area contributed by atoms with Crippen molar-refractivity contribution in [3.63, 3.8) is 0 Å². The van der Waals surface area contributed by atoms with Crippen LogP contribution in [0.5, 0.6) is 11.5 Å². The normalized spacial score (nSPS) is 11.8. The Morgan fingerprint density at radius 3 is 1.34 bits per heavy atom. The molecule has 9 N–H and O–H groups in total. The van der Waals surface area contributed by atoms with Crippen LogP contribution in [0, 0.1) is 52.1 Å². The molecule has 5 aromatic rings. The van der Waals surface area contributed by atoms with Crippen LogP contribution in [-0.4, -0.2) is 83.9 Å². The number of anilines is 3. The topological polar surface area (TPSA) is 274 Å². The maximum Gasteiger partial charge on any atom is 1.00 e. The van der Waals surface area contributed by atoms with Gasteiger partial charge in [-0.1, -0.05) is 50.1 Å². The Balaban J connectivity index is -0.000000429. The quantitative estimate of drug-likeness (QED) is 0.0180. The van der Waals surface area contributed by atoms with Crippen LogP contribution < -0.4 is 129 Å². The van der Waals surface area contributed by atoms with E-state index in [2.05, 4.69) is 61.9 Å². The number of hydrogen-bond acceptors (Lipinski definition) is 12. The Morgan fingerprint density at radius 1 is 0.685 bits per heavy atom. The number of nitrogen functional groups attached to an aromatic ring is 1. The molecule has 5 aromatic carbocycles. The van der Waals surface area contributed by atoms with Crippen LogP contribution >= 0.6 is 31.9 Å². The van der Waals surface area contributed by atoms with Crippen molar-refractivity contribution in [3.05, 3.63) is 166 Å². The number of nitrogens with one attached hydrogen (secondary N) is 2. The van der Waals surface area contributed by atoms with Crippen LogP contribution in [0.15, 0.2) is 103 Å². The first-order valence-electron chi connectivity index (χ1n) is 20.1. The minimum Gasteiger partial charge on any atom is -1.00 e. The van der Waals surface area contributed by atoms with Crippen molar-refractivity contribution in [2.24, 2.45) is 0 Å². The number of benzene rings is 5. The third kappa shape index (κ3) is 29.5. The second-order valence-corrected chi connectivity index (χ2v) is 16.2. The van der Waals surface area contributed by atoms with E-state index in [4.69, 9.17) is 55.6 Å². The number of nitrogens with two attached hydrogens (primary N) is 1. The first-order chi connectivity index (χ1) is 33.2. The smallest absolute Gasteiger partial charge is 1.00 e. The second-order valence-electron chi connectivity index (χ2n) is 15.1. The van der Waals surface area contributed by atoms with E-state index < -0.39 is 40.4 Å². The summed E-state index contributed by atoms with van der Waals surface area (Å²) in [6.45, 7) is 29.6. The molecule has 0 radical (unpaired) electrons. The van der Waals surface area contributed by atoms with Crippen molar-refractivity contribution in [2.45, 2.75) is 58.3 Å². The number of aromatic hydroxyl groups is 1. The zero-order chi connectivity index (χ0) is 54.5. The summed E-state index contributed by atoms with van der Waals surface area (Å²) in [4.78, 5) is 55.1. The minimum absolute atomic E-state index is 0. The molecule has 0 aliphatic heterocycles. The Labute approximate surface area is 525 Å². The van der Waals surface area contributed by atoms with Gasteiger partial charge in [-0.15, -0.1) is 0 Å². The zero-order valence-electron chi connectivity index (χ0n) is 42.0. The van der Waals surface area contributed by atoms with E-state index in [1.54, 1.807) is 68.4 Å². The molecule has 0 heterocycles. The van der Waals surface area contributed by atoms with Gasteiger partial charge < -0.3 is 58.2 Å². The fourth-order valence-electron chi connectivity index (χ4n) is 4.43. The van der Waals surface area contributed by atoms with E-state index in [0.717, 1.165) is 16.7 Å². The van der Waals surface area contributed by atoms with Gasteiger partial charge in [-0.05, 0) is 143 Å². The predicted octanol–water partition coefficient (Wildman–Crippen LogP) is 2.52. The molecule has 5 rings (SSSR count). The van der Waals surface area contributed by atoms with E-state index in [1.165, 1.54) is 69.3 Å². The molecule has 0 bridgehead atoms. The number of carboxylic acid groups (broad SMARTS) is 1. The summed E-state index contributed by atoms with van der Waals surface area (Å²) in [6, 6.07) is 25.4. The largest absolute Gasteiger partial charge is 1.00 e. The molecule has 0 unspecified atom stereocenters. The molecule has 24 heteroatoms. The summed E-state index contributed by atoms with van der Waals surface area (Å²) in [5.41, 5.74) is 6.57. The van der Waals surface area contributed by atoms with Gasteiger partial charge in [0.05, 0.1) is 19.7 Å². The molecular formula is C49H52Br2F2K2N6O12. The Bertz CT molecular complexity index is 2650. The van der Waals surface area contributed by atoms with E-state index in [1.807, 2.05) is 6.92 Å². The maximum atomic E-state index is 12.8. The predicted molar refractivity (Wildman–Crippen MR) is 269 cm³/mol. The van der Waals surface area contributed by atoms with Crippen LogP contribution in [0.3, 0.4) is 0 Å². The molecule has 0 saturated carbocycles. The number of rotatable bonds is 11. The van der Waals surface area contributed by atoms with Gasteiger partial charge in [0.15, 0.2) is 28.3 Å². The first kappa shape index (κ1) is 73.0. The number of aliphatic hydroxyl groups is 3. The molecule has 73 heavy (non-hydrogen) atoms. The molecule has 0 fully saturated rings. The fraction of sp³-hybridized carbons (Fsp3) is 0.245. The maximum absolute atomic E-state index is 12.8. The van der Waals surface area contributed by atoms with Crippen molar-refractivity contribution in [2.75, 3.05) is 33.6 Å². The fourth-order valence-corrected chi connectivity index (χ4v) is 4.93. The first-order valence-corrected chi connectivity index (χ1v) is 22.3. The van der Waals surface area contributed by atoms with Crippen LogP contribution in [-0.2, 0) is 24.1 Å². The molecule has 0 aliphatic carbocycles. The number of phenols is 1. The van der Waals surface area contributed by atoms with Gasteiger partial charge in [0.2, 0.25) is 0 Å². The standard InChI is InChI=1S/C18H17FN2O3.C12H13BrN2O2.C8H8N2.C6H5FO.C4H7BrO3.CH2O3.2K.H/c1-12-10-14(6-9-16(12)20-3)21-17(22)18(2,23)11-24-15-7-4-13(19)5-8-15;1-8-6-9(4-5-10(8)14-3)15-11(16)12(2,17)7-13;1-6-5-7(9)3-4-8(6)10-2;7-5-1-3-6(8)4-2-5;1-4(8,2-5)3(6)7;2-1-4-3;;;/h4-10,23H,11H2,1-2H3,(H,21,22);4-6,17H,7H2,1-2H3,(H,15,16);3-5H,9H2,1H3;1-4,8H;8H,2H2,1H3,(H,6,7);1,3H;;;/q;;;;;;2*+1;-1/p-1/t18-;12-;;;4-;;;;/m00..0..../s1. The molecular weight excluding hydrogens is 1140 g/mol. The third-order valence-corrected chi connectivity index (χ3v) is 10.8. The molecule has 18 nitrogen and oxygen atoms in total. The number of aryl methyl sites for hydroxylation is 3. The number of alkyl halides is 2. The van der Waals surface area contributed by atoms with Gasteiger partial charge in [0.25, 0.3) is 18.3 Å². The number of carbonyl (C=O) groups excluding carboxylic acids is 3. The summed E-state index contributed by atoms with van der Waals surface area (Å²) >= 11 is 5.91. The van der Waals surface area contributed by atoms with Crippen molar-refractivity contribution in [3.8, 4) is 11.5 Å². The van der Waals surface area contributed by atoms with Gasteiger partial charge in [0.1, 0.15) is 35.3 Å². The van der Waals surface area contributed by atoms with Crippen LogP contribution in [0.2, 0.25) is 0 Å². The van der Waals surface area contributed by atoms with Crippen molar-refractivity contribution < 1.29 is 173 Å². The summed E-state index contributed by atoms with van der Waals surface area (Å²) in [5, 5.41) is 59.3. The molecule has 2 amide bonds. The van der Waals surface area contributed by atoms with Gasteiger partial charge in [-0.2, -0.15) is 0 Å². The number of carboxylic acids is 1. The third-order valence-electron chi connectivity index (χ3n) is 8.65. The molecule has 0 saturated heterocycles. The van der Waals surface area contributed by atoms with Crippen molar-refractivity contribution >= 4 is 90.2 Å². The summed E-state index contributed by atoms with van der Waals surface area (Å²) in [7, 11) is 0. The van der Waals surface area contributed by atoms with Crippen LogP contribution in [0.25, 0.3) is 14.5 Å². The average Bonchev–Trinajstić information content (AvgIpc) is 3.33. The van der Waals surface area contributed by atoms with Gasteiger partial charge >= 0.3 is 109 Å². The summed E-state index contributed by atoms with van der Waals surface area (Å²) < 4.78 is 30.1. The minimum atomic E-state index is -1.78. The number of aliphatic carboxylic acids is 1. The number of phenolic OH excluding ortho intramolecular Hbond substituents is 1. The number of halogens is 4. The Kier molecular flexibility index (Phi) is 37.5. The number of carbonyl (C=O) groups is 4. The zero-order valence-corrected chi connectivity index (χ0v) is 50.5. The SMILES string of the molecule is C[C@](O)(CBr)C(=O)O.O=CO[O-].Oc1ccc(F)cc1.[C-]#[N+]c1ccc(N)cc1C.[C-]#[N+]c1ccc(NC(=O)[C@@](C)(O)CBr)cc1C.[C-]#[N+]c1ccc(NC(=O)[C@@](C)(O)COc2ccc(F)cc2)cc1C.[H-].[K+].[K+]. The van der Waals surface area contributed by atoms with Crippen molar-refractivity contribution in [1.29, 1.82) is 0 Å². The number of hydrogen-bond donors (Lipinski definition) is 8. The van der Waals surface area contributed by atoms with Gasteiger partial charge in [-0.25, -0.2) is 28.1 Å². The average molecular weight is 1190 g/mol.